The number of hydrogen-bond acceptors (Lipinski definition) is 6. The minimum atomic E-state index is -0.490. The molecule has 7 nitrogen and oxygen atoms in total. The van der Waals surface area contributed by atoms with Crippen molar-refractivity contribution in [2.24, 2.45) is 5.41 Å². The maximum atomic E-state index is 11.8. The molecule has 0 saturated carbocycles. The Hall–Kier alpha value is -1.92. The van der Waals surface area contributed by atoms with Gasteiger partial charge in [-0.2, -0.15) is 15.0 Å². The molecule has 0 radical (unpaired) electrons. The highest BCUT2D eigenvalue weighted by molar-refractivity contribution is 5.93. The molecule has 88 valence electrons. The van der Waals surface area contributed by atoms with Gasteiger partial charge in [0.2, 0.25) is 23.8 Å². The molecule has 5 N–H and O–H groups in total. The van der Waals surface area contributed by atoms with Crippen LogP contribution in [0.1, 0.15) is 27.2 Å². The van der Waals surface area contributed by atoms with E-state index in [-0.39, 0.29) is 23.8 Å². The summed E-state index contributed by atoms with van der Waals surface area (Å²) in [6.07, 6.45) is 0.703. The van der Waals surface area contributed by atoms with Gasteiger partial charge in [0, 0.05) is 5.41 Å². The Morgan fingerprint density at radius 2 is 1.75 bits per heavy atom. The lowest BCUT2D eigenvalue weighted by Gasteiger charge is -2.20. The van der Waals surface area contributed by atoms with Gasteiger partial charge in [0.25, 0.3) is 0 Å². The van der Waals surface area contributed by atoms with E-state index in [4.69, 9.17) is 11.5 Å². The second kappa shape index (κ2) is 4.30. The van der Waals surface area contributed by atoms with E-state index in [0.29, 0.717) is 6.42 Å². The fraction of sp³-hybridized carbons (Fsp3) is 0.556. The topological polar surface area (TPSA) is 120 Å². The SMILES string of the molecule is CCC(C)(C)C(=O)Nc1nc(N)nc(N)n1. The molecule has 0 aliphatic heterocycles. The summed E-state index contributed by atoms with van der Waals surface area (Å²) in [6.45, 7) is 5.59. The summed E-state index contributed by atoms with van der Waals surface area (Å²) in [5, 5.41) is 2.55. The first-order valence-electron chi connectivity index (χ1n) is 4.93. The summed E-state index contributed by atoms with van der Waals surface area (Å²) in [5.74, 6) is -0.134. The fourth-order valence-corrected chi connectivity index (χ4v) is 0.897. The Balaban J connectivity index is 2.85. The van der Waals surface area contributed by atoms with Crippen LogP contribution >= 0.6 is 0 Å². The van der Waals surface area contributed by atoms with Crippen LogP contribution in [0.2, 0.25) is 0 Å². The highest BCUT2D eigenvalue weighted by Gasteiger charge is 2.26. The molecule has 0 aliphatic carbocycles. The van der Waals surface area contributed by atoms with Gasteiger partial charge in [-0.3, -0.25) is 10.1 Å². The van der Waals surface area contributed by atoms with Crippen LogP contribution in [0.15, 0.2) is 0 Å². The van der Waals surface area contributed by atoms with Crippen molar-refractivity contribution in [2.45, 2.75) is 27.2 Å². The van der Waals surface area contributed by atoms with E-state index in [2.05, 4.69) is 20.3 Å². The normalized spacial score (nSPS) is 11.2. The molecule has 16 heavy (non-hydrogen) atoms. The van der Waals surface area contributed by atoms with Crippen LogP contribution < -0.4 is 16.8 Å². The zero-order valence-electron chi connectivity index (χ0n) is 9.61. The number of amides is 1. The third-order valence-corrected chi connectivity index (χ3v) is 2.39. The van der Waals surface area contributed by atoms with E-state index >= 15 is 0 Å². The molecule has 0 aromatic carbocycles. The van der Waals surface area contributed by atoms with E-state index in [1.807, 2.05) is 20.8 Å². The standard InChI is InChI=1S/C9H16N6O/c1-4-9(2,3)5(16)12-8-14-6(10)13-7(11)15-8/h4H2,1-3H3,(H5,10,11,12,13,14,15,16). The van der Waals surface area contributed by atoms with E-state index in [9.17, 15) is 4.79 Å². The van der Waals surface area contributed by atoms with Crippen LogP contribution in [0.4, 0.5) is 17.8 Å². The molecule has 0 fully saturated rings. The summed E-state index contributed by atoms with van der Waals surface area (Å²) in [5.41, 5.74) is 10.3. The molecule has 0 saturated heterocycles. The lowest BCUT2D eigenvalue weighted by Crippen LogP contribution is -2.31. The van der Waals surface area contributed by atoms with Crippen molar-refractivity contribution in [3.05, 3.63) is 0 Å². The average Bonchev–Trinajstić information content (AvgIpc) is 2.15. The van der Waals surface area contributed by atoms with Gasteiger partial charge < -0.3 is 11.5 Å². The molecule has 0 unspecified atom stereocenters. The first-order valence-corrected chi connectivity index (χ1v) is 4.93. The Kier molecular flexibility index (Phi) is 3.26. The minimum absolute atomic E-state index is 0.0166. The van der Waals surface area contributed by atoms with Crippen LogP contribution in [0.25, 0.3) is 0 Å². The number of carbonyl (C=O) groups is 1. The number of anilines is 3. The average molecular weight is 224 g/mol. The molecule has 1 rings (SSSR count). The van der Waals surface area contributed by atoms with Crippen molar-refractivity contribution in [3.63, 3.8) is 0 Å². The van der Waals surface area contributed by atoms with Crippen LogP contribution in [-0.2, 0) is 4.79 Å². The molecule has 7 heteroatoms. The third kappa shape index (κ3) is 2.78. The number of hydrogen-bond donors (Lipinski definition) is 3. The van der Waals surface area contributed by atoms with Gasteiger partial charge in [-0.1, -0.05) is 20.8 Å². The summed E-state index contributed by atoms with van der Waals surface area (Å²) in [7, 11) is 0. The lowest BCUT2D eigenvalue weighted by atomic mass is 9.89. The van der Waals surface area contributed by atoms with Crippen LogP contribution in [0.5, 0.6) is 0 Å². The number of nitrogens with one attached hydrogen (secondary N) is 1. The van der Waals surface area contributed by atoms with Gasteiger partial charge in [-0.15, -0.1) is 0 Å². The summed E-state index contributed by atoms with van der Waals surface area (Å²) >= 11 is 0. The second-order valence-corrected chi connectivity index (χ2v) is 4.07. The summed E-state index contributed by atoms with van der Waals surface area (Å²) in [4.78, 5) is 22.9. The van der Waals surface area contributed by atoms with Gasteiger partial charge in [-0.25, -0.2) is 0 Å². The monoisotopic (exact) mass is 224 g/mol. The first kappa shape index (κ1) is 12.2. The van der Waals surface area contributed by atoms with E-state index < -0.39 is 5.41 Å². The van der Waals surface area contributed by atoms with E-state index in [1.165, 1.54) is 0 Å². The van der Waals surface area contributed by atoms with E-state index in [1.54, 1.807) is 0 Å². The van der Waals surface area contributed by atoms with Crippen molar-refractivity contribution in [1.82, 2.24) is 15.0 Å². The molecule has 1 amide bonds. The van der Waals surface area contributed by atoms with E-state index in [0.717, 1.165) is 0 Å². The molecule has 1 aromatic heterocycles. The second-order valence-electron chi connectivity index (χ2n) is 4.07. The van der Waals surface area contributed by atoms with Crippen LogP contribution in [-0.4, -0.2) is 20.9 Å². The molecular formula is C9H16N6O. The van der Waals surface area contributed by atoms with Crippen LogP contribution in [0.3, 0.4) is 0 Å². The smallest absolute Gasteiger partial charge is 0.236 e. The zero-order chi connectivity index (χ0) is 12.3. The Bertz CT molecular complexity index is 383. The van der Waals surface area contributed by atoms with Gasteiger partial charge in [0.15, 0.2) is 0 Å². The number of nitrogens with zero attached hydrogens (tertiary/aromatic N) is 3. The van der Waals surface area contributed by atoms with Gasteiger partial charge in [0.05, 0.1) is 0 Å². The number of carbonyl (C=O) groups excluding carboxylic acids is 1. The predicted octanol–water partition coefficient (Wildman–Crippen LogP) is 0.411. The van der Waals surface area contributed by atoms with Crippen molar-refractivity contribution < 1.29 is 4.79 Å². The Morgan fingerprint density at radius 1 is 1.25 bits per heavy atom. The number of nitrogen functional groups attached to an aromatic ring is 2. The maximum absolute atomic E-state index is 11.8. The fourth-order valence-electron chi connectivity index (χ4n) is 0.897. The number of rotatable bonds is 3. The third-order valence-electron chi connectivity index (χ3n) is 2.39. The first-order chi connectivity index (χ1) is 7.35. The molecule has 1 aromatic rings. The highest BCUT2D eigenvalue weighted by Crippen LogP contribution is 2.21. The van der Waals surface area contributed by atoms with Gasteiger partial charge >= 0.3 is 0 Å². The summed E-state index contributed by atoms with van der Waals surface area (Å²) in [6, 6.07) is 0. The molecule has 0 atom stereocenters. The quantitative estimate of drug-likeness (QED) is 0.684. The minimum Gasteiger partial charge on any atom is -0.368 e. The molecular weight excluding hydrogens is 208 g/mol. The van der Waals surface area contributed by atoms with Crippen molar-refractivity contribution >= 4 is 23.8 Å². The van der Waals surface area contributed by atoms with Crippen LogP contribution in [0, 0.1) is 5.41 Å². The van der Waals surface area contributed by atoms with Crippen molar-refractivity contribution in [3.8, 4) is 0 Å². The number of aromatic nitrogens is 3. The Labute approximate surface area is 93.7 Å². The number of nitrogens with two attached hydrogens (primary N) is 2. The maximum Gasteiger partial charge on any atom is 0.236 e. The molecule has 0 bridgehead atoms. The highest BCUT2D eigenvalue weighted by atomic mass is 16.2. The lowest BCUT2D eigenvalue weighted by molar-refractivity contribution is -0.124. The predicted molar refractivity (Wildman–Crippen MR) is 61.4 cm³/mol. The molecule has 0 aliphatic rings. The van der Waals surface area contributed by atoms with Crippen molar-refractivity contribution in [1.29, 1.82) is 0 Å². The summed E-state index contributed by atoms with van der Waals surface area (Å²) < 4.78 is 0. The Morgan fingerprint density at radius 3 is 2.19 bits per heavy atom. The van der Waals surface area contributed by atoms with Gasteiger partial charge in [-0.05, 0) is 6.42 Å². The molecule has 0 spiro atoms. The largest absolute Gasteiger partial charge is 0.368 e. The van der Waals surface area contributed by atoms with Crippen molar-refractivity contribution in [2.75, 3.05) is 16.8 Å². The molecule has 1 heterocycles. The zero-order valence-corrected chi connectivity index (χ0v) is 9.61. The van der Waals surface area contributed by atoms with Gasteiger partial charge in [0.1, 0.15) is 0 Å².